The molecule has 1 atom stereocenters. The van der Waals surface area contributed by atoms with Gasteiger partial charge in [0.2, 0.25) is 20.5 Å². The van der Waals surface area contributed by atoms with E-state index in [-0.39, 0.29) is 32.8 Å². The van der Waals surface area contributed by atoms with Crippen molar-refractivity contribution in [3.63, 3.8) is 0 Å². The molecule has 1 aliphatic heterocycles. The molecule has 1 aliphatic rings. The van der Waals surface area contributed by atoms with Crippen molar-refractivity contribution in [3.8, 4) is 0 Å². The summed E-state index contributed by atoms with van der Waals surface area (Å²) in [4.78, 5) is 15.7. The highest BCUT2D eigenvalue weighted by atomic mass is 35.5. The van der Waals surface area contributed by atoms with Crippen molar-refractivity contribution in [2.45, 2.75) is 43.9 Å². The largest absolute Gasteiger partial charge is 0.355 e. The summed E-state index contributed by atoms with van der Waals surface area (Å²) < 4.78 is 33.1. The first-order valence-corrected chi connectivity index (χ1v) is 12.6. The Labute approximate surface area is 195 Å². The zero-order valence-electron chi connectivity index (χ0n) is 18.0. The number of allylic oxidation sites excluding steroid dienone is 1. The van der Waals surface area contributed by atoms with Gasteiger partial charge in [0, 0.05) is 12.6 Å². The fourth-order valence-corrected chi connectivity index (χ4v) is 7.31. The first-order chi connectivity index (χ1) is 15.1. The number of carbonyl (C=O) groups is 1. The predicted molar refractivity (Wildman–Crippen MR) is 126 cm³/mol. The van der Waals surface area contributed by atoms with Gasteiger partial charge in [0.05, 0.1) is 15.5 Å². The first kappa shape index (κ1) is 22.6. The SMILES string of the molecule is Cc1cc(C)c(CC(=O)c2sccc2S(=O)(=O)C2(c3onc(C)c3Cl)C=CC=N2)c(C)c1. The zero-order valence-corrected chi connectivity index (χ0v) is 20.4. The number of thiophene rings is 1. The van der Waals surface area contributed by atoms with Gasteiger partial charge in [-0.05, 0) is 68.0 Å². The van der Waals surface area contributed by atoms with Crippen molar-refractivity contribution < 1.29 is 17.7 Å². The maximum absolute atomic E-state index is 13.9. The number of rotatable bonds is 6. The van der Waals surface area contributed by atoms with E-state index in [0.29, 0.717) is 5.69 Å². The van der Waals surface area contributed by atoms with Crippen LogP contribution in [-0.4, -0.2) is 25.6 Å². The molecule has 32 heavy (non-hydrogen) atoms. The molecule has 0 saturated heterocycles. The van der Waals surface area contributed by atoms with Gasteiger partial charge in [-0.25, -0.2) is 8.42 Å². The summed E-state index contributed by atoms with van der Waals surface area (Å²) in [7, 11) is -4.23. The number of carbonyl (C=O) groups excluding carboxylic acids is 1. The van der Waals surface area contributed by atoms with Gasteiger partial charge in [-0.1, -0.05) is 34.5 Å². The van der Waals surface area contributed by atoms with Crippen LogP contribution in [-0.2, 0) is 21.1 Å². The molecular formula is C23H21ClN2O4S2. The highest BCUT2D eigenvalue weighted by Gasteiger charge is 2.51. The van der Waals surface area contributed by atoms with Crippen LogP contribution in [0.2, 0.25) is 5.02 Å². The number of Topliss-reactive ketones (excluding diaryl/α,β-unsaturated/α-hetero) is 1. The molecule has 0 bridgehead atoms. The molecule has 1 aromatic carbocycles. The van der Waals surface area contributed by atoms with E-state index in [4.69, 9.17) is 16.1 Å². The van der Waals surface area contributed by atoms with Crippen LogP contribution >= 0.6 is 22.9 Å². The molecule has 0 aliphatic carbocycles. The Morgan fingerprint density at radius 3 is 2.44 bits per heavy atom. The number of aryl methyl sites for hydroxylation is 4. The average Bonchev–Trinajstić information content (AvgIpc) is 3.46. The summed E-state index contributed by atoms with van der Waals surface area (Å²) >= 11 is 7.41. The smallest absolute Gasteiger partial charge is 0.245 e. The van der Waals surface area contributed by atoms with E-state index in [0.717, 1.165) is 33.6 Å². The van der Waals surface area contributed by atoms with Crippen LogP contribution in [0.1, 0.15) is 43.4 Å². The van der Waals surface area contributed by atoms with Crippen LogP contribution in [0, 0.1) is 27.7 Å². The number of hydrogen-bond donors (Lipinski definition) is 0. The fourth-order valence-electron chi connectivity index (χ4n) is 3.98. The van der Waals surface area contributed by atoms with Crippen LogP contribution in [0.5, 0.6) is 0 Å². The summed E-state index contributed by atoms with van der Waals surface area (Å²) in [6.07, 6.45) is 4.39. The average molecular weight is 489 g/mol. The molecule has 9 heteroatoms. The molecule has 4 rings (SSSR count). The second-order valence-corrected chi connectivity index (χ2v) is 11.2. The number of nitrogens with zero attached hydrogens (tertiary/aromatic N) is 2. The lowest BCUT2D eigenvalue weighted by Crippen LogP contribution is -2.31. The highest BCUT2D eigenvalue weighted by molar-refractivity contribution is 7.92. The molecule has 166 valence electrons. The molecule has 0 saturated carbocycles. The standard InChI is InChI=1S/C23H21ClN2O4S2/c1-13-10-14(2)17(15(3)11-13)12-18(27)21-19(6-9-31-21)32(28,29)23(7-5-8-25-23)22-20(24)16(4)26-30-22/h5-11H,12H2,1-4H3. The molecule has 0 radical (unpaired) electrons. The van der Waals surface area contributed by atoms with Gasteiger partial charge in [0.15, 0.2) is 5.78 Å². The number of ketones is 1. The Bertz CT molecular complexity index is 1360. The monoisotopic (exact) mass is 488 g/mol. The second-order valence-electron chi connectivity index (χ2n) is 7.84. The summed E-state index contributed by atoms with van der Waals surface area (Å²) in [5.74, 6) is -0.355. The Kier molecular flexibility index (Phi) is 5.73. The summed E-state index contributed by atoms with van der Waals surface area (Å²) in [6.45, 7) is 7.52. The predicted octanol–water partition coefficient (Wildman–Crippen LogP) is 5.32. The van der Waals surface area contributed by atoms with Crippen LogP contribution < -0.4 is 0 Å². The molecule has 0 N–H and O–H groups in total. The topological polar surface area (TPSA) is 89.6 Å². The highest BCUT2D eigenvalue weighted by Crippen LogP contribution is 2.45. The summed E-state index contributed by atoms with van der Waals surface area (Å²) in [5, 5.41) is 5.48. The number of sulfone groups is 1. The van der Waals surface area contributed by atoms with E-state index in [1.165, 1.54) is 24.4 Å². The van der Waals surface area contributed by atoms with Gasteiger partial charge in [-0.15, -0.1) is 11.3 Å². The van der Waals surface area contributed by atoms with E-state index < -0.39 is 14.7 Å². The van der Waals surface area contributed by atoms with E-state index >= 15 is 0 Å². The molecule has 2 aromatic heterocycles. The van der Waals surface area contributed by atoms with Gasteiger partial charge >= 0.3 is 0 Å². The lowest BCUT2D eigenvalue weighted by molar-refractivity contribution is 0.0993. The summed E-state index contributed by atoms with van der Waals surface area (Å²) in [6, 6.07) is 5.47. The second kappa shape index (κ2) is 8.10. The van der Waals surface area contributed by atoms with Crippen molar-refractivity contribution in [1.82, 2.24) is 5.16 Å². The number of halogens is 1. The fraction of sp³-hybridized carbons (Fsp3) is 0.261. The molecular weight excluding hydrogens is 468 g/mol. The van der Waals surface area contributed by atoms with E-state index in [1.807, 2.05) is 32.9 Å². The number of hydrogen-bond acceptors (Lipinski definition) is 7. The van der Waals surface area contributed by atoms with Crippen molar-refractivity contribution in [2.75, 3.05) is 0 Å². The van der Waals surface area contributed by atoms with Crippen LogP contribution in [0.15, 0.2) is 50.1 Å². The van der Waals surface area contributed by atoms with Gasteiger partial charge in [0.1, 0.15) is 5.02 Å². The van der Waals surface area contributed by atoms with Gasteiger partial charge in [0.25, 0.3) is 0 Å². The minimum atomic E-state index is -4.23. The van der Waals surface area contributed by atoms with Crippen LogP contribution in [0.3, 0.4) is 0 Å². The lowest BCUT2D eigenvalue weighted by atomic mass is 9.95. The van der Waals surface area contributed by atoms with E-state index in [1.54, 1.807) is 12.3 Å². The molecule has 0 spiro atoms. The number of aliphatic imine (C=N–C) groups is 1. The molecule has 3 aromatic rings. The van der Waals surface area contributed by atoms with E-state index in [2.05, 4.69) is 10.1 Å². The molecule has 0 fully saturated rings. The van der Waals surface area contributed by atoms with Crippen LogP contribution in [0.4, 0.5) is 0 Å². The van der Waals surface area contributed by atoms with Crippen molar-refractivity contribution in [2.24, 2.45) is 4.99 Å². The Hall–Kier alpha value is -2.55. The minimum absolute atomic E-state index is 0.0866. The van der Waals surface area contributed by atoms with Gasteiger partial charge < -0.3 is 4.52 Å². The number of aromatic nitrogens is 1. The third-order valence-electron chi connectivity index (χ3n) is 5.55. The molecule has 1 unspecified atom stereocenters. The van der Waals surface area contributed by atoms with Crippen molar-refractivity contribution in [1.29, 1.82) is 0 Å². The number of benzene rings is 1. The van der Waals surface area contributed by atoms with Crippen LogP contribution in [0.25, 0.3) is 0 Å². The minimum Gasteiger partial charge on any atom is -0.355 e. The lowest BCUT2D eigenvalue weighted by Gasteiger charge is -2.22. The van der Waals surface area contributed by atoms with Gasteiger partial charge in [-0.3, -0.25) is 9.79 Å². The van der Waals surface area contributed by atoms with Crippen molar-refractivity contribution in [3.05, 3.63) is 79.3 Å². The zero-order chi connectivity index (χ0) is 23.3. The quantitative estimate of drug-likeness (QED) is 0.438. The normalized spacial score (nSPS) is 17.9. The Morgan fingerprint density at radius 2 is 1.88 bits per heavy atom. The Morgan fingerprint density at radius 1 is 1.19 bits per heavy atom. The molecule has 0 amide bonds. The van der Waals surface area contributed by atoms with Gasteiger partial charge in [-0.2, -0.15) is 0 Å². The third-order valence-corrected chi connectivity index (χ3v) is 9.25. The van der Waals surface area contributed by atoms with Crippen molar-refractivity contribution >= 4 is 44.8 Å². The maximum atomic E-state index is 13.9. The summed E-state index contributed by atoms with van der Waals surface area (Å²) in [5.41, 5.74) is 4.38. The maximum Gasteiger partial charge on any atom is 0.245 e. The Balaban J connectivity index is 1.79. The third kappa shape index (κ3) is 3.46. The van der Waals surface area contributed by atoms with E-state index in [9.17, 15) is 13.2 Å². The molecule has 3 heterocycles. The molecule has 6 nitrogen and oxygen atoms in total. The first-order valence-electron chi connectivity index (χ1n) is 9.86.